The molecule has 0 fully saturated rings. The SMILES string of the molecule is CCSc1nnc(SCC(=O)N(CC)C2=CCCCC2)s1. The van der Waals surface area contributed by atoms with E-state index < -0.39 is 0 Å². The van der Waals surface area contributed by atoms with Gasteiger partial charge in [0.25, 0.3) is 0 Å². The van der Waals surface area contributed by atoms with E-state index in [2.05, 4.69) is 23.2 Å². The van der Waals surface area contributed by atoms with E-state index in [9.17, 15) is 4.79 Å². The highest BCUT2D eigenvalue weighted by Crippen LogP contribution is 2.29. The molecule has 0 radical (unpaired) electrons. The summed E-state index contributed by atoms with van der Waals surface area (Å²) in [5.74, 6) is 1.61. The molecule has 0 saturated carbocycles. The lowest BCUT2D eigenvalue weighted by Gasteiger charge is -2.26. The van der Waals surface area contributed by atoms with E-state index in [0.29, 0.717) is 5.75 Å². The number of thioether (sulfide) groups is 2. The molecule has 4 nitrogen and oxygen atoms in total. The smallest absolute Gasteiger partial charge is 0.237 e. The number of allylic oxidation sites excluding steroid dienone is 2. The Hall–Kier alpha value is -0.530. The molecular formula is C14H21N3OS3. The van der Waals surface area contributed by atoms with Gasteiger partial charge < -0.3 is 4.90 Å². The van der Waals surface area contributed by atoms with Gasteiger partial charge >= 0.3 is 0 Å². The minimum Gasteiger partial charge on any atom is -0.316 e. The summed E-state index contributed by atoms with van der Waals surface area (Å²) in [7, 11) is 0. The Labute approximate surface area is 138 Å². The summed E-state index contributed by atoms with van der Waals surface area (Å²) in [4.78, 5) is 14.3. The van der Waals surface area contributed by atoms with Crippen LogP contribution in [0.3, 0.4) is 0 Å². The average Bonchev–Trinajstić information content (AvgIpc) is 2.95. The van der Waals surface area contributed by atoms with Crippen LogP contribution in [0.1, 0.15) is 39.5 Å². The van der Waals surface area contributed by atoms with Crippen LogP contribution in [-0.2, 0) is 4.79 Å². The minimum absolute atomic E-state index is 0.176. The lowest BCUT2D eigenvalue weighted by Crippen LogP contribution is -2.32. The first-order valence-electron chi connectivity index (χ1n) is 7.33. The Morgan fingerprint density at radius 1 is 1.29 bits per heavy atom. The Morgan fingerprint density at radius 2 is 2.05 bits per heavy atom. The summed E-state index contributed by atoms with van der Waals surface area (Å²) in [6, 6.07) is 0. The summed E-state index contributed by atoms with van der Waals surface area (Å²) in [5, 5.41) is 8.24. The largest absolute Gasteiger partial charge is 0.316 e. The Balaban J connectivity index is 1.88. The van der Waals surface area contributed by atoms with E-state index >= 15 is 0 Å². The van der Waals surface area contributed by atoms with Crippen molar-refractivity contribution in [3.05, 3.63) is 11.8 Å². The fraction of sp³-hybridized carbons (Fsp3) is 0.643. The van der Waals surface area contributed by atoms with Crippen LogP contribution < -0.4 is 0 Å². The summed E-state index contributed by atoms with van der Waals surface area (Å²) in [5.41, 5.74) is 1.20. The van der Waals surface area contributed by atoms with Gasteiger partial charge in [0.2, 0.25) is 5.91 Å². The average molecular weight is 344 g/mol. The van der Waals surface area contributed by atoms with Crippen LogP contribution >= 0.6 is 34.9 Å². The van der Waals surface area contributed by atoms with Gasteiger partial charge in [0.1, 0.15) is 0 Å². The first kappa shape index (κ1) is 16.8. The van der Waals surface area contributed by atoms with Crippen molar-refractivity contribution in [1.29, 1.82) is 0 Å². The highest BCUT2D eigenvalue weighted by Gasteiger charge is 2.18. The number of hydrogen-bond donors (Lipinski definition) is 0. The summed E-state index contributed by atoms with van der Waals surface area (Å²) in [6.45, 7) is 4.89. The molecule has 0 spiro atoms. The van der Waals surface area contributed by atoms with E-state index in [1.807, 2.05) is 11.8 Å². The number of hydrogen-bond acceptors (Lipinski definition) is 6. The number of aromatic nitrogens is 2. The van der Waals surface area contributed by atoms with Crippen molar-refractivity contribution in [3.63, 3.8) is 0 Å². The number of amides is 1. The van der Waals surface area contributed by atoms with Gasteiger partial charge in [-0.2, -0.15) is 0 Å². The second kappa shape index (κ2) is 8.80. The standard InChI is InChI=1S/C14H21N3OS3/c1-3-17(11-8-6-5-7-9-11)12(18)10-20-14-16-15-13(21-14)19-4-2/h8H,3-7,9-10H2,1-2H3. The van der Waals surface area contributed by atoms with E-state index in [0.717, 1.165) is 33.8 Å². The van der Waals surface area contributed by atoms with Crippen LogP contribution in [0, 0.1) is 0 Å². The third kappa shape index (κ3) is 5.00. The topological polar surface area (TPSA) is 46.1 Å². The predicted octanol–water partition coefficient (Wildman–Crippen LogP) is 4.05. The molecule has 0 aromatic carbocycles. The van der Waals surface area contributed by atoms with E-state index in [-0.39, 0.29) is 5.91 Å². The molecule has 21 heavy (non-hydrogen) atoms. The van der Waals surface area contributed by atoms with Gasteiger partial charge in [-0.1, -0.05) is 47.9 Å². The zero-order chi connectivity index (χ0) is 15.1. The molecule has 116 valence electrons. The Morgan fingerprint density at radius 3 is 2.67 bits per heavy atom. The normalized spacial score (nSPS) is 14.9. The molecule has 2 rings (SSSR count). The van der Waals surface area contributed by atoms with Crippen LogP contribution in [0.25, 0.3) is 0 Å². The summed E-state index contributed by atoms with van der Waals surface area (Å²) >= 11 is 4.76. The molecule has 1 amide bonds. The van der Waals surface area contributed by atoms with Crippen molar-refractivity contribution in [2.75, 3.05) is 18.1 Å². The molecule has 0 bridgehead atoms. The zero-order valence-electron chi connectivity index (χ0n) is 12.5. The lowest BCUT2D eigenvalue weighted by atomic mass is 10.0. The summed E-state index contributed by atoms with van der Waals surface area (Å²) in [6.07, 6.45) is 6.78. The predicted molar refractivity (Wildman–Crippen MR) is 91.0 cm³/mol. The minimum atomic E-state index is 0.176. The Kier molecular flexibility index (Phi) is 7.06. The van der Waals surface area contributed by atoms with Crippen molar-refractivity contribution in [2.24, 2.45) is 0 Å². The first-order valence-corrected chi connectivity index (χ1v) is 10.1. The third-order valence-electron chi connectivity index (χ3n) is 3.21. The molecule has 0 N–H and O–H groups in total. The van der Waals surface area contributed by atoms with Crippen LogP contribution in [0.15, 0.2) is 20.5 Å². The zero-order valence-corrected chi connectivity index (χ0v) is 15.0. The fourth-order valence-corrected chi connectivity index (χ4v) is 5.04. The maximum atomic E-state index is 12.4. The number of carbonyl (C=O) groups excluding carboxylic acids is 1. The molecule has 1 aromatic rings. The Bertz CT molecular complexity index is 501. The second-order valence-electron chi connectivity index (χ2n) is 4.63. The highest BCUT2D eigenvalue weighted by atomic mass is 32.2. The second-order valence-corrected chi connectivity index (χ2v) is 8.35. The quantitative estimate of drug-likeness (QED) is 0.699. The number of nitrogens with zero attached hydrogens (tertiary/aromatic N) is 3. The monoisotopic (exact) mass is 343 g/mol. The maximum Gasteiger partial charge on any atom is 0.237 e. The molecular weight excluding hydrogens is 322 g/mol. The molecule has 0 aliphatic heterocycles. The molecule has 1 heterocycles. The summed E-state index contributed by atoms with van der Waals surface area (Å²) < 4.78 is 1.86. The van der Waals surface area contributed by atoms with Crippen LogP contribution in [-0.4, -0.2) is 39.1 Å². The van der Waals surface area contributed by atoms with Crippen molar-refractivity contribution in [3.8, 4) is 0 Å². The number of rotatable bonds is 7. The van der Waals surface area contributed by atoms with Crippen molar-refractivity contribution < 1.29 is 4.79 Å². The van der Waals surface area contributed by atoms with Crippen molar-refractivity contribution >= 4 is 40.8 Å². The number of carbonyl (C=O) groups is 1. The molecule has 7 heteroatoms. The van der Waals surface area contributed by atoms with Gasteiger partial charge in [-0.3, -0.25) is 4.79 Å². The van der Waals surface area contributed by atoms with Crippen molar-refractivity contribution in [1.82, 2.24) is 15.1 Å². The highest BCUT2D eigenvalue weighted by molar-refractivity contribution is 8.03. The molecule has 1 aromatic heterocycles. The fourth-order valence-electron chi connectivity index (χ4n) is 2.24. The van der Waals surface area contributed by atoms with Crippen molar-refractivity contribution in [2.45, 2.75) is 48.2 Å². The van der Waals surface area contributed by atoms with E-state index in [1.165, 1.54) is 30.3 Å². The maximum absolute atomic E-state index is 12.4. The molecule has 0 atom stereocenters. The third-order valence-corrected chi connectivity index (χ3v) is 6.26. The van der Waals surface area contributed by atoms with Crippen LogP contribution in [0.5, 0.6) is 0 Å². The van der Waals surface area contributed by atoms with E-state index in [4.69, 9.17) is 0 Å². The van der Waals surface area contributed by atoms with Gasteiger partial charge in [0.15, 0.2) is 8.68 Å². The van der Waals surface area contributed by atoms with E-state index in [1.54, 1.807) is 23.1 Å². The lowest BCUT2D eigenvalue weighted by molar-refractivity contribution is -0.126. The van der Waals surface area contributed by atoms with Gasteiger partial charge in [0.05, 0.1) is 5.75 Å². The first-order chi connectivity index (χ1) is 10.2. The van der Waals surface area contributed by atoms with Gasteiger partial charge in [-0.05, 0) is 38.4 Å². The van der Waals surface area contributed by atoms with Crippen LogP contribution in [0.4, 0.5) is 0 Å². The molecule has 1 aliphatic rings. The van der Waals surface area contributed by atoms with Gasteiger partial charge in [0, 0.05) is 12.2 Å². The van der Waals surface area contributed by atoms with Gasteiger partial charge in [-0.15, -0.1) is 10.2 Å². The van der Waals surface area contributed by atoms with Crippen LogP contribution in [0.2, 0.25) is 0 Å². The molecule has 1 aliphatic carbocycles. The molecule has 0 saturated heterocycles. The molecule has 0 unspecified atom stereocenters. The van der Waals surface area contributed by atoms with Gasteiger partial charge in [-0.25, -0.2) is 0 Å².